The van der Waals surface area contributed by atoms with Gasteiger partial charge in [-0.1, -0.05) is 13.8 Å². The van der Waals surface area contributed by atoms with Gasteiger partial charge >= 0.3 is 6.09 Å². The maximum absolute atomic E-state index is 11.8. The number of rotatable bonds is 6. The van der Waals surface area contributed by atoms with Crippen molar-refractivity contribution in [1.82, 2.24) is 14.9 Å². The van der Waals surface area contributed by atoms with E-state index in [1.807, 2.05) is 34.0 Å². The van der Waals surface area contributed by atoms with Crippen LogP contribution in [-0.4, -0.2) is 21.2 Å². The van der Waals surface area contributed by atoms with Crippen LogP contribution in [0.4, 0.5) is 4.79 Å². The first kappa shape index (κ1) is 17.5. The molecular weight excluding hydrogens is 266 g/mol. The fraction of sp³-hybridized carbons (Fsp3) is 0.750. The molecule has 120 valence electrons. The molecule has 1 aromatic rings. The molecule has 1 rings (SSSR count). The topological polar surface area (TPSA) is 56.2 Å². The lowest BCUT2D eigenvalue weighted by Gasteiger charge is -2.22. The van der Waals surface area contributed by atoms with Gasteiger partial charge in [0.2, 0.25) is 0 Å². The quantitative estimate of drug-likeness (QED) is 0.865. The van der Waals surface area contributed by atoms with Crippen molar-refractivity contribution >= 4 is 6.09 Å². The first-order valence-corrected chi connectivity index (χ1v) is 7.68. The van der Waals surface area contributed by atoms with Gasteiger partial charge < -0.3 is 14.6 Å². The summed E-state index contributed by atoms with van der Waals surface area (Å²) in [5.74, 6) is 0.703. The zero-order valence-corrected chi connectivity index (χ0v) is 14.1. The highest BCUT2D eigenvalue weighted by Crippen LogP contribution is 2.15. The van der Waals surface area contributed by atoms with Gasteiger partial charge in [0, 0.05) is 6.54 Å². The van der Waals surface area contributed by atoms with Crippen LogP contribution in [0.2, 0.25) is 0 Å². The predicted molar refractivity (Wildman–Crippen MR) is 84.1 cm³/mol. The molecule has 0 fully saturated rings. The number of hydrogen-bond acceptors (Lipinski definition) is 3. The second kappa shape index (κ2) is 7.48. The SMILES string of the molecule is CC(C)CCCn1cncc1[C@@H](C)NC(=O)OC(C)(C)C. The van der Waals surface area contributed by atoms with Gasteiger partial charge in [-0.2, -0.15) is 0 Å². The van der Waals surface area contributed by atoms with Crippen molar-refractivity contribution in [1.29, 1.82) is 0 Å². The number of ether oxygens (including phenoxy) is 1. The van der Waals surface area contributed by atoms with Crippen LogP contribution < -0.4 is 5.32 Å². The zero-order chi connectivity index (χ0) is 16.0. The Bertz CT molecular complexity index is 447. The fourth-order valence-electron chi connectivity index (χ4n) is 2.11. The largest absolute Gasteiger partial charge is 0.444 e. The molecule has 0 radical (unpaired) electrons. The summed E-state index contributed by atoms with van der Waals surface area (Å²) in [5.41, 5.74) is 0.519. The third kappa shape index (κ3) is 6.65. The smallest absolute Gasteiger partial charge is 0.408 e. The molecule has 1 atom stereocenters. The summed E-state index contributed by atoms with van der Waals surface area (Å²) in [6, 6.07) is -0.124. The lowest BCUT2D eigenvalue weighted by molar-refractivity contribution is 0.0506. The number of nitrogens with zero attached hydrogens (tertiary/aromatic N) is 2. The van der Waals surface area contributed by atoms with Crippen LogP contribution in [0.3, 0.4) is 0 Å². The molecular formula is C16H29N3O2. The highest BCUT2D eigenvalue weighted by molar-refractivity contribution is 5.68. The Morgan fingerprint density at radius 2 is 2.05 bits per heavy atom. The number of amides is 1. The summed E-state index contributed by atoms with van der Waals surface area (Å²) in [4.78, 5) is 16.0. The summed E-state index contributed by atoms with van der Waals surface area (Å²) in [5, 5.41) is 2.86. The van der Waals surface area contributed by atoms with Gasteiger partial charge in [-0.3, -0.25) is 0 Å². The van der Waals surface area contributed by atoms with E-state index in [9.17, 15) is 4.79 Å². The van der Waals surface area contributed by atoms with Crippen LogP contribution in [0.15, 0.2) is 12.5 Å². The third-order valence-electron chi connectivity index (χ3n) is 3.10. The number of alkyl carbamates (subject to hydrolysis) is 1. The van der Waals surface area contributed by atoms with E-state index < -0.39 is 11.7 Å². The first-order valence-electron chi connectivity index (χ1n) is 7.68. The van der Waals surface area contributed by atoms with Crippen LogP contribution in [0.25, 0.3) is 0 Å². The Balaban J connectivity index is 2.56. The molecule has 0 unspecified atom stereocenters. The average molecular weight is 295 g/mol. The van der Waals surface area contributed by atoms with Crippen molar-refractivity contribution in [2.45, 2.75) is 72.6 Å². The molecule has 0 aromatic carbocycles. The Hall–Kier alpha value is -1.52. The number of carbonyl (C=O) groups excluding carboxylic acids is 1. The van der Waals surface area contributed by atoms with Crippen molar-refractivity contribution in [3.05, 3.63) is 18.2 Å². The minimum Gasteiger partial charge on any atom is -0.444 e. The van der Waals surface area contributed by atoms with Gasteiger partial charge in [0.1, 0.15) is 5.60 Å². The lowest BCUT2D eigenvalue weighted by Crippen LogP contribution is -2.34. The Labute approximate surface area is 128 Å². The number of hydrogen-bond donors (Lipinski definition) is 1. The number of aryl methyl sites for hydroxylation is 1. The van der Waals surface area contributed by atoms with Crippen LogP contribution in [-0.2, 0) is 11.3 Å². The van der Waals surface area contributed by atoms with Crippen molar-refractivity contribution in [2.75, 3.05) is 0 Å². The van der Waals surface area contributed by atoms with E-state index in [-0.39, 0.29) is 6.04 Å². The van der Waals surface area contributed by atoms with E-state index in [0.29, 0.717) is 5.92 Å². The molecule has 1 amide bonds. The van der Waals surface area contributed by atoms with Crippen molar-refractivity contribution in [3.8, 4) is 0 Å². The second-order valence-corrected chi connectivity index (χ2v) is 6.92. The zero-order valence-electron chi connectivity index (χ0n) is 14.1. The molecule has 1 heterocycles. The number of imidazole rings is 1. The molecule has 21 heavy (non-hydrogen) atoms. The number of aromatic nitrogens is 2. The van der Waals surface area contributed by atoms with Crippen LogP contribution in [0.5, 0.6) is 0 Å². The molecule has 0 aliphatic rings. The Kier molecular flexibility index (Phi) is 6.24. The van der Waals surface area contributed by atoms with E-state index in [0.717, 1.165) is 18.7 Å². The van der Waals surface area contributed by atoms with Crippen molar-refractivity contribution in [2.24, 2.45) is 5.92 Å². The van der Waals surface area contributed by atoms with Gasteiger partial charge in [-0.25, -0.2) is 9.78 Å². The monoisotopic (exact) mass is 295 g/mol. The average Bonchev–Trinajstić information content (AvgIpc) is 2.73. The fourth-order valence-corrected chi connectivity index (χ4v) is 2.11. The molecule has 1 aromatic heterocycles. The molecule has 0 aliphatic heterocycles. The maximum Gasteiger partial charge on any atom is 0.408 e. The van der Waals surface area contributed by atoms with Gasteiger partial charge in [-0.05, 0) is 46.5 Å². The number of nitrogens with one attached hydrogen (secondary N) is 1. The third-order valence-corrected chi connectivity index (χ3v) is 3.10. The van der Waals surface area contributed by atoms with E-state index in [1.165, 1.54) is 6.42 Å². The van der Waals surface area contributed by atoms with Crippen LogP contribution >= 0.6 is 0 Å². The highest BCUT2D eigenvalue weighted by Gasteiger charge is 2.19. The van der Waals surface area contributed by atoms with E-state index in [2.05, 4.69) is 28.7 Å². The standard InChI is InChI=1S/C16H29N3O2/c1-12(2)8-7-9-19-11-17-10-14(19)13(3)18-15(20)21-16(4,5)6/h10-13H,7-9H2,1-6H3,(H,18,20)/t13-/m1/s1. The molecule has 0 saturated heterocycles. The molecule has 0 saturated carbocycles. The highest BCUT2D eigenvalue weighted by atomic mass is 16.6. The van der Waals surface area contributed by atoms with Gasteiger partial charge in [0.15, 0.2) is 0 Å². The molecule has 0 aliphatic carbocycles. The van der Waals surface area contributed by atoms with Gasteiger partial charge in [-0.15, -0.1) is 0 Å². The summed E-state index contributed by atoms with van der Waals surface area (Å²) in [6.45, 7) is 12.9. The number of carbonyl (C=O) groups is 1. The normalized spacial score (nSPS) is 13.3. The first-order chi connectivity index (χ1) is 9.69. The predicted octanol–water partition coefficient (Wildman–Crippen LogP) is 3.91. The molecule has 0 bridgehead atoms. The maximum atomic E-state index is 11.8. The minimum absolute atomic E-state index is 0.124. The summed E-state index contributed by atoms with van der Waals surface area (Å²) >= 11 is 0. The second-order valence-electron chi connectivity index (χ2n) is 6.92. The van der Waals surface area contributed by atoms with Crippen LogP contribution in [0, 0.1) is 5.92 Å². The summed E-state index contributed by atoms with van der Waals surface area (Å²) in [7, 11) is 0. The van der Waals surface area contributed by atoms with Gasteiger partial charge in [0.05, 0.1) is 24.3 Å². The summed E-state index contributed by atoms with van der Waals surface area (Å²) in [6.07, 6.45) is 5.52. The summed E-state index contributed by atoms with van der Waals surface area (Å²) < 4.78 is 7.38. The van der Waals surface area contributed by atoms with E-state index in [1.54, 1.807) is 6.20 Å². The van der Waals surface area contributed by atoms with Crippen LogP contribution in [0.1, 0.15) is 66.1 Å². The molecule has 5 nitrogen and oxygen atoms in total. The van der Waals surface area contributed by atoms with Gasteiger partial charge in [0.25, 0.3) is 0 Å². The molecule has 5 heteroatoms. The van der Waals surface area contributed by atoms with Crippen molar-refractivity contribution in [3.63, 3.8) is 0 Å². The Morgan fingerprint density at radius 3 is 2.62 bits per heavy atom. The van der Waals surface area contributed by atoms with Crippen molar-refractivity contribution < 1.29 is 9.53 Å². The van der Waals surface area contributed by atoms with E-state index >= 15 is 0 Å². The van der Waals surface area contributed by atoms with E-state index in [4.69, 9.17) is 4.74 Å². The molecule has 0 spiro atoms. The Morgan fingerprint density at radius 1 is 1.38 bits per heavy atom. The molecule has 1 N–H and O–H groups in total. The lowest BCUT2D eigenvalue weighted by atomic mass is 10.1. The minimum atomic E-state index is -0.485.